The first-order chi connectivity index (χ1) is 7.88. The number of sulfonamides is 1. The van der Waals surface area contributed by atoms with Crippen molar-refractivity contribution in [3.8, 4) is 0 Å². The molecule has 0 radical (unpaired) electrons. The molecule has 1 aliphatic rings. The standard InChI is InChI=1S/C11H19N3O2S/c1-8(2)14-7-11(17(12,15)16)5-10(14)6-13-9-3-4-9/h5,7-9,13H,3-4,6H2,1-2H3,(H2,12,15,16). The minimum atomic E-state index is -3.61. The van der Waals surface area contributed by atoms with E-state index in [2.05, 4.69) is 5.32 Å². The molecule has 0 atom stereocenters. The lowest BCUT2D eigenvalue weighted by Crippen LogP contribution is -2.18. The number of hydrogen-bond acceptors (Lipinski definition) is 3. The summed E-state index contributed by atoms with van der Waals surface area (Å²) in [6.07, 6.45) is 4.04. The lowest BCUT2D eigenvalue weighted by molar-refractivity contribution is 0.549. The number of primary sulfonamides is 1. The summed E-state index contributed by atoms with van der Waals surface area (Å²) in [6, 6.07) is 2.48. The van der Waals surface area contributed by atoms with Crippen LogP contribution in [0, 0.1) is 0 Å². The van der Waals surface area contributed by atoms with Gasteiger partial charge < -0.3 is 9.88 Å². The van der Waals surface area contributed by atoms with Crippen molar-refractivity contribution in [2.24, 2.45) is 5.14 Å². The van der Waals surface area contributed by atoms with E-state index in [1.807, 2.05) is 18.4 Å². The molecule has 1 aromatic rings. The molecule has 0 aliphatic heterocycles. The molecule has 2 rings (SSSR count). The molecular formula is C11H19N3O2S. The third kappa shape index (κ3) is 3.08. The highest BCUT2D eigenvalue weighted by Crippen LogP contribution is 2.22. The monoisotopic (exact) mass is 257 g/mol. The highest BCUT2D eigenvalue weighted by molar-refractivity contribution is 7.89. The minimum absolute atomic E-state index is 0.193. The lowest BCUT2D eigenvalue weighted by Gasteiger charge is -2.12. The summed E-state index contributed by atoms with van der Waals surface area (Å²) in [5.74, 6) is 0. The van der Waals surface area contributed by atoms with Crippen molar-refractivity contribution in [1.29, 1.82) is 0 Å². The van der Waals surface area contributed by atoms with Crippen LogP contribution in [-0.2, 0) is 16.6 Å². The molecule has 0 saturated heterocycles. The summed E-state index contributed by atoms with van der Waals surface area (Å²) >= 11 is 0. The second kappa shape index (κ2) is 4.44. The van der Waals surface area contributed by atoms with Crippen molar-refractivity contribution in [3.63, 3.8) is 0 Å². The van der Waals surface area contributed by atoms with Gasteiger partial charge in [0.05, 0.1) is 4.90 Å². The highest BCUT2D eigenvalue weighted by Gasteiger charge is 2.22. The van der Waals surface area contributed by atoms with E-state index in [1.54, 1.807) is 12.3 Å². The molecule has 0 aromatic carbocycles. The SMILES string of the molecule is CC(C)n1cc(S(N)(=O)=O)cc1CNC1CC1. The van der Waals surface area contributed by atoms with Crippen LogP contribution in [0.1, 0.15) is 38.4 Å². The van der Waals surface area contributed by atoms with Gasteiger partial charge in [0, 0.05) is 30.5 Å². The maximum absolute atomic E-state index is 11.3. The fraction of sp³-hybridized carbons (Fsp3) is 0.636. The number of nitrogens with one attached hydrogen (secondary N) is 1. The number of rotatable bonds is 5. The zero-order valence-electron chi connectivity index (χ0n) is 10.2. The first kappa shape index (κ1) is 12.6. The average molecular weight is 257 g/mol. The van der Waals surface area contributed by atoms with Gasteiger partial charge in [-0.3, -0.25) is 0 Å². The molecule has 1 aromatic heterocycles. The van der Waals surface area contributed by atoms with Crippen molar-refractivity contribution in [2.45, 2.75) is 50.2 Å². The summed E-state index contributed by atoms with van der Waals surface area (Å²) in [4.78, 5) is 0.193. The Balaban J connectivity index is 2.24. The fourth-order valence-electron chi connectivity index (χ4n) is 1.81. The maximum atomic E-state index is 11.3. The Labute approximate surface area is 102 Å². The molecule has 1 heterocycles. The van der Waals surface area contributed by atoms with Crippen molar-refractivity contribution < 1.29 is 8.42 Å². The molecule has 1 fully saturated rings. The first-order valence-corrected chi connectivity index (χ1v) is 7.39. The molecule has 1 saturated carbocycles. The van der Waals surface area contributed by atoms with E-state index in [0.29, 0.717) is 12.6 Å². The van der Waals surface area contributed by atoms with Gasteiger partial charge >= 0.3 is 0 Å². The van der Waals surface area contributed by atoms with Gasteiger partial charge in [0.25, 0.3) is 0 Å². The van der Waals surface area contributed by atoms with Gasteiger partial charge in [-0.25, -0.2) is 13.6 Å². The third-order valence-corrected chi connectivity index (χ3v) is 3.82. The van der Waals surface area contributed by atoms with Gasteiger partial charge in [-0.05, 0) is 32.8 Å². The number of aromatic nitrogens is 1. The molecule has 0 bridgehead atoms. The second-order valence-electron chi connectivity index (χ2n) is 4.87. The Bertz CT molecular complexity index is 501. The van der Waals surface area contributed by atoms with Crippen molar-refractivity contribution in [1.82, 2.24) is 9.88 Å². The van der Waals surface area contributed by atoms with E-state index in [9.17, 15) is 8.42 Å². The smallest absolute Gasteiger partial charge is 0.239 e. The average Bonchev–Trinajstić information content (AvgIpc) is 2.91. The minimum Gasteiger partial charge on any atom is -0.346 e. The first-order valence-electron chi connectivity index (χ1n) is 5.85. The fourth-order valence-corrected chi connectivity index (χ4v) is 2.37. The summed E-state index contributed by atoms with van der Waals surface area (Å²) in [6.45, 7) is 4.74. The zero-order valence-corrected chi connectivity index (χ0v) is 11.0. The summed E-state index contributed by atoms with van der Waals surface area (Å²) < 4.78 is 24.6. The molecule has 0 amide bonds. The van der Waals surface area contributed by atoms with Crippen LogP contribution >= 0.6 is 0 Å². The summed E-state index contributed by atoms with van der Waals surface area (Å²) in [5, 5.41) is 8.52. The van der Waals surface area contributed by atoms with Crippen LogP contribution < -0.4 is 10.5 Å². The Morgan fingerprint density at radius 1 is 1.53 bits per heavy atom. The van der Waals surface area contributed by atoms with E-state index in [-0.39, 0.29) is 10.9 Å². The topological polar surface area (TPSA) is 77.1 Å². The number of nitrogens with two attached hydrogens (primary N) is 1. The molecule has 5 nitrogen and oxygen atoms in total. The molecule has 3 N–H and O–H groups in total. The maximum Gasteiger partial charge on any atom is 0.239 e. The molecule has 1 aliphatic carbocycles. The van der Waals surface area contributed by atoms with Gasteiger partial charge in [0.1, 0.15) is 0 Å². The van der Waals surface area contributed by atoms with E-state index < -0.39 is 10.0 Å². The normalized spacial score (nSPS) is 16.7. The molecule has 17 heavy (non-hydrogen) atoms. The van der Waals surface area contributed by atoms with Gasteiger partial charge in [-0.2, -0.15) is 0 Å². The molecule has 0 spiro atoms. The zero-order chi connectivity index (χ0) is 12.6. The Hall–Kier alpha value is -0.850. The Morgan fingerprint density at radius 2 is 2.18 bits per heavy atom. The Kier molecular flexibility index (Phi) is 3.29. The van der Waals surface area contributed by atoms with E-state index >= 15 is 0 Å². The van der Waals surface area contributed by atoms with Crippen LogP contribution in [-0.4, -0.2) is 19.0 Å². The number of nitrogens with zero attached hydrogens (tertiary/aromatic N) is 1. The van der Waals surface area contributed by atoms with Crippen LogP contribution in [0.3, 0.4) is 0 Å². The molecule has 0 unspecified atom stereocenters. The van der Waals surface area contributed by atoms with Gasteiger partial charge in [0.2, 0.25) is 10.0 Å². The van der Waals surface area contributed by atoms with Crippen molar-refractivity contribution in [3.05, 3.63) is 18.0 Å². The van der Waals surface area contributed by atoms with E-state index in [1.165, 1.54) is 12.8 Å². The van der Waals surface area contributed by atoms with Gasteiger partial charge in [-0.1, -0.05) is 0 Å². The van der Waals surface area contributed by atoms with Crippen LogP contribution in [0.4, 0.5) is 0 Å². The van der Waals surface area contributed by atoms with Crippen LogP contribution in [0.5, 0.6) is 0 Å². The Morgan fingerprint density at radius 3 is 2.65 bits per heavy atom. The van der Waals surface area contributed by atoms with E-state index in [4.69, 9.17) is 5.14 Å². The molecular weight excluding hydrogens is 238 g/mol. The number of hydrogen-bond donors (Lipinski definition) is 2. The quantitative estimate of drug-likeness (QED) is 0.825. The largest absolute Gasteiger partial charge is 0.346 e. The van der Waals surface area contributed by atoms with E-state index in [0.717, 1.165) is 5.69 Å². The third-order valence-electron chi connectivity index (χ3n) is 2.94. The van der Waals surface area contributed by atoms with Crippen LogP contribution in [0.2, 0.25) is 0 Å². The predicted octanol–water partition coefficient (Wildman–Crippen LogP) is 0.968. The van der Waals surface area contributed by atoms with Crippen molar-refractivity contribution in [2.75, 3.05) is 0 Å². The predicted molar refractivity (Wildman–Crippen MR) is 66.1 cm³/mol. The summed E-state index contributed by atoms with van der Waals surface area (Å²) in [5.41, 5.74) is 0.968. The highest BCUT2D eigenvalue weighted by atomic mass is 32.2. The van der Waals surface area contributed by atoms with Crippen LogP contribution in [0.25, 0.3) is 0 Å². The van der Waals surface area contributed by atoms with Crippen molar-refractivity contribution >= 4 is 10.0 Å². The summed E-state index contributed by atoms with van der Waals surface area (Å²) in [7, 11) is -3.61. The lowest BCUT2D eigenvalue weighted by atomic mass is 10.3. The second-order valence-corrected chi connectivity index (χ2v) is 6.43. The van der Waals surface area contributed by atoms with Crippen LogP contribution in [0.15, 0.2) is 17.2 Å². The molecule has 96 valence electrons. The molecule has 6 heteroatoms. The van der Waals surface area contributed by atoms with Gasteiger partial charge in [-0.15, -0.1) is 0 Å². The van der Waals surface area contributed by atoms with Gasteiger partial charge in [0.15, 0.2) is 0 Å².